The number of hydrogen-bond acceptors (Lipinski definition) is 1. The Bertz CT molecular complexity index is 459. The molecule has 3 aliphatic rings. The van der Waals surface area contributed by atoms with E-state index in [1.54, 1.807) is 0 Å². The number of benzene rings is 1. The molecule has 0 radical (unpaired) electrons. The predicted octanol–water partition coefficient (Wildman–Crippen LogP) is 3.18. The Hall–Kier alpha value is -0.530. The normalized spacial score (nSPS) is 33.8. The summed E-state index contributed by atoms with van der Waals surface area (Å²) in [6, 6.07) is 11.2. The average molecular weight is 351 g/mol. The van der Waals surface area contributed by atoms with E-state index in [-0.39, 0.29) is 0 Å². The van der Waals surface area contributed by atoms with Crippen LogP contribution < -0.4 is 0 Å². The number of hydrogen-bond donors (Lipinski definition) is 0. The van der Waals surface area contributed by atoms with Gasteiger partial charge in [-0.25, -0.2) is 0 Å². The maximum atomic E-state index is 3.52. The van der Waals surface area contributed by atoms with Crippen LogP contribution in [0.1, 0.15) is 18.4 Å². The molecular formula is C16H18IN. The van der Waals surface area contributed by atoms with Gasteiger partial charge >= 0.3 is 0 Å². The lowest BCUT2D eigenvalue weighted by molar-refractivity contribution is 0.0346. The van der Waals surface area contributed by atoms with E-state index in [1.165, 1.54) is 30.4 Å². The molecule has 1 unspecified atom stereocenters. The van der Waals surface area contributed by atoms with Gasteiger partial charge in [0.1, 0.15) is 0 Å². The van der Waals surface area contributed by atoms with Gasteiger partial charge in [0.05, 0.1) is 0 Å². The van der Waals surface area contributed by atoms with Gasteiger partial charge in [-0.3, -0.25) is 4.90 Å². The smallest absolute Gasteiger partial charge is 0.0363 e. The number of halogens is 1. The van der Waals surface area contributed by atoms with Gasteiger partial charge in [0.25, 0.3) is 0 Å². The molecule has 3 fully saturated rings. The van der Waals surface area contributed by atoms with Crippen molar-refractivity contribution in [3.8, 4) is 11.8 Å². The van der Waals surface area contributed by atoms with Gasteiger partial charge in [-0.1, -0.05) is 52.6 Å². The first-order valence-corrected chi connectivity index (χ1v) is 8.26. The molecule has 1 aromatic rings. The van der Waals surface area contributed by atoms with Crippen molar-refractivity contribution >= 4 is 22.6 Å². The second-order valence-electron chi connectivity index (χ2n) is 5.33. The highest BCUT2D eigenvalue weighted by Crippen LogP contribution is 2.36. The van der Waals surface area contributed by atoms with Crippen molar-refractivity contribution in [3.63, 3.8) is 0 Å². The lowest BCUT2D eigenvalue weighted by Crippen LogP contribution is -2.53. The maximum Gasteiger partial charge on any atom is 0.0363 e. The molecule has 3 aliphatic heterocycles. The number of alkyl halides is 1. The van der Waals surface area contributed by atoms with Crippen molar-refractivity contribution in [3.05, 3.63) is 35.9 Å². The van der Waals surface area contributed by atoms with Crippen LogP contribution in [0.2, 0.25) is 0 Å². The van der Waals surface area contributed by atoms with E-state index in [1.807, 2.05) is 6.07 Å². The minimum atomic E-state index is 0.596. The highest BCUT2D eigenvalue weighted by molar-refractivity contribution is 14.1. The summed E-state index contributed by atoms with van der Waals surface area (Å²) in [7, 11) is 0. The molecule has 18 heavy (non-hydrogen) atoms. The van der Waals surface area contributed by atoms with Crippen LogP contribution in [0.3, 0.4) is 0 Å². The van der Waals surface area contributed by atoms with Crippen molar-refractivity contribution < 1.29 is 0 Å². The van der Waals surface area contributed by atoms with Crippen LogP contribution in [-0.2, 0) is 0 Å². The molecule has 4 atom stereocenters. The fourth-order valence-corrected chi connectivity index (χ4v) is 4.08. The number of fused-ring (bicyclic) bond motifs is 3. The standard InChI is InChI=1S/C16H18IN/c17-11-16-10-14-8-9-18(16)12-15(14)7-6-13-4-2-1-3-5-13/h1-5,14-16H,8-12H2/t14-,15-,16+/m0/s1. The fraction of sp³-hybridized carbons (Fsp3) is 0.500. The quantitative estimate of drug-likeness (QED) is 0.427. The zero-order valence-corrected chi connectivity index (χ0v) is 12.6. The molecule has 0 amide bonds. The van der Waals surface area contributed by atoms with Gasteiger partial charge in [-0.05, 0) is 37.4 Å². The Morgan fingerprint density at radius 3 is 2.78 bits per heavy atom. The molecule has 3 saturated heterocycles. The molecule has 1 nitrogen and oxygen atoms in total. The van der Waals surface area contributed by atoms with Crippen LogP contribution in [-0.4, -0.2) is 28.5 Å². The van der Waals surface area contributed by atoms with Crippen molar-refractivity contribution in [1.29, 1.82) is 0 Å². The topological polar surface area (TPSA) is 3.24 Å². The molecule has 2 bridgehead atoms. The summed E-state index contributed by atoms with van der Waals surface area (Å²) in [4.78, 5) is 2.65. The minimum absolute atomic E-state index is 0.596. The van der Waals surface area contributed by atoms with E-state index in [2.05, 4.69) is 63.6 Å². The third-order valence-electron chi connectivity index (χ3n) is 4.23. The van der Waals surface area contributed by atoms with Gasteiger partial charge in [-0.2, -0.15) is 0 Å². The molecule has 3 heterocycles. The van der Waals surface area contributed by atoms with Crippen molar-refractivity contribution in [2.45, 2.75) is 18.9 Å². The first-order chi connectivity index (χ1) is 8.86. The second-order valence-corrected chi connectivity index (χ2v) is 6.21. The zero-order chi connectivity index (χ0) is 12.4. The van der Waals surface area contributed by atoms with Gasteiger partial charge in [0.15, 0.2) is 0 Å². The van der Waals surface area contributed by atoms with E-state index in [0.29, 0.717) is 5.92 Å². The molecule has 1 aromatic carbocycles. The Kier molecular flexibility index (Phi) is 3.91. The molecule has 4 rings (SSSR count). The predicted molar refractivity (Wildman–Crippen MR) is 83.8 cm³/mol. The summed E-state index contributed by atoms with van der Waals surface area (Å²) in [5.41, 5.74) is 1.15. The summed E-state index contributed by atoms with van der Waals surface area (Å²) in [5.74, 6) is 8.31. The van der Waals surface area contributed by atoms with Crippen LogP contribution in [0.25, 0.3) is 0 Å². The monoisotopic (exact) mass is 351 g/mol. The molecular weight excluding hydrogens is 333 g/mol. The zero-order valence-electron chi connectivity index (χ0n) is 10.5. The van der Waals surface area contributed by atoms with Gasteiger partial charge < -0.3 is 0 Å². The summed E-state index contributed by atoms with van der Waals surface area (Å²) < 4.78 is 1.27. The van der Waals surface area contributed by atoms with Crippen molar-refractivity contribution in [2.24, 2.45) is 11.8 Å². The lowest BCUT2D eigenvalue weighted by Gasteiger charge is -2.48. The molecule has 0 saturated carbocycles. The van der Waals surface area contributed by atoms with E-state index in [9.17, 15) is 0 Å². The van der Waals surface area contributed by atoms with Crippen LogP contribution in [0.5, 0.6) is 0 Å². The second kappa shape index (κ2) is 5.63. The Morgan fingerprint density at radius 2 is 2.11 bits per heavy atom. The molecule has 2 heteroatoms. The van der Waals surface area contributed by atoms with Crippen LogP contribution in [0.15, 0.2) is 30.3 Å². The van der Waals surface area contributed by atoms with Crippen LogP contribution in [0.4, 0.5) is 0 Å². The summed E-state index contributed by atoms with van der Waals surface area (Å²) in [6.07, 6.45) is 2.71. The van der Waals surface area contributed by atoms with Gasteiger partial charge in [0.2, 0.25) is 0 Å². The number of piperidine rings is 3. The highest BCUT2D eigenvalue weighted by Gasteiger charge is 2.38. The summed E-state index contributed by atoms with van der Waals surface area (Å²) in [6.45, 7) is 2.49. The average Bonchev–Trinajstić information content (AvgIpc) is 2.46. The van der Waals surface area contributed by atoms with E-state index in [0.717, 1.165) is 17.5 Å². The van der Waals surface area contributed by atoms with Crippen LogP contribution in [0, 0.1) is 23.7 Å². The maximum absolute atomic E-state index is 3.52. The fourth-order valence-electron chi connectivity index (χ4n) is 3.16. The Labute approximate surface area is 123 Å². The van der Waals surface area contributed by atoms with Gasteiger partial charge in [0, 0.05) is 28.5 Å². The SMILES string of the molecule is IC[C@H]1C[C@@H]2CCN1C[C@@H]2C#Cc1ccccc1. The highest BCUT2D eigenvalue weighted by atomic mass is 127. The minimum Gasteiger partial charge on any atom is -0.298 e. The molecule has 0 spiro atoms. The lowest BCUT2D eigenvalue weighted by atomic mass is 9.76. The molecule has 0 aliphatic carbocycles. The Balaban J connectivity index is 1.71. The summed E-state index contributed by atoms with van der Waals surface area (Å²) >= 11 is 2.53. The number of rotatable bonds is 1. The van der Waals surface area contributed by atoms with Crippen molar-refractivity contribution in [1.82, 2.24) is 4.90 Å². The third kappa shape index (κ3) is 2.57. The van der Waals surface area contributed by atoms with Gasteiger partial charge in [-0.15, -0.1) is 0 Å². The Morgan fingerprint density at radius 1 is 1.28 bits per heavy atom. The van der Waals surface area contributed by atoms with E-state index >= 15 is 0 Å². The summed E-state index contributed by atoms with van der Waals surface area (Å²) in [5, 5.41) is 0. The van der Waals surface area contributed by atoms with E-state index < -0.39 is 0 Å². The first kappa shape index (κ1) is 12.5. The number of nitrogens with zero attached hydrogens (tertiary/aromatic N) is 1. The first-order valence-electron chi connectivity index (χ1n) is 6.73. The molecule has 0 aromatic heterocycles. The molecule has 0 N–H and O–H groups in total. The molecule has 94 valence electrons. The van der Waals surface area contributed by atoms with Crippen LogP contribution >= 0.6 is 22.6 Å². The van der Waals surface area contributed by atoms with E-state index in [4.69, 9.17) is 0 Å². The largest absolute Gasteiger partial charge is 0.298 e. The third-order valence-corrected chi connectivity index (χ3v) is 5.25. The van der Waals surface area contributed by atoms with Crippen molar-refractivity contribution in [2.75, 3.05) is 17.5 Å².